The fourth-order valence-corrected chi connectivity index (χ4v) is 7.24. The predicted molar refractivity (Wildman–Crippen MR) is 147 cm³/mol. The standard InChI is InChI=1S/C28H25N3O7S2/c1-2-36-26(32)16-31-22-13-23-24(38-17-37-23)14-25(22)39-28(31)29-27(33)19-7-9-21(10-8-19)40(34,35)30-12-11-18-5-3-4-6-20(18)15-30/h3-10,13-14H,2,11-12,15-17H2,1H3. The summed E-state index contributed by atoms with van der Waals surface area (Å²) in [7, 11) is -3.74. The molecular formula is C28H25N3O7S2. The summed E-state index contributed by atoms with van der Waals surface area (Å²) >= 11 is 1.22. The lowest BCUT2D eigenvalue weighted by molar-refractivity contribution is -0.143. The van der Waals surface area contributed by atoms with Crippen LogP contribution in [0.15, 0.2) is 70.6 Å². The molecule has 0 radical (unpaired) electrons. The van der Waals surface area contributed by atoms with Crippen molar-refractivity contribution in [3.05, 3.63) is 82.2 Å². The van der Waals surface area contributed by atoms with Crippen molar-refractivity contribution >= 4 is 43.5 Å². The van der Waals surface area contributed by atoms with Gasteiger partial charge in [-0.25, -0.2) is 8.42 Å². The lowest BCUT2D eigenvalue weighted by Crippen LogP contribution is -2.35. The highest BCUT2D eigenvalue weighted by molar-refractivity contribution is 7.89. The second kappa shape index (κ2) is 10.5. The van der Waals surface area contributed by atoms with Gasteiger partial charge in [-0.2, -0.15) is 9.30 Å². The Kier molecular flexibility index (Phi) is 6.90. The van der Waals surface area contributed by atoms with Gasteiger partial charge < -0.3 is 18.8 Å². The third-order valence-electron chi connectivity index (χ3n) is 6.80. The molecule has 206 valence electrons. The fourth-order valence-electron chi connectivity index (χ4n) is 4.78. The molecule has 12 heteroatoms. The summed E-state index contributed by atoms with van der Waals surface area (Å²) in [5, 5.41) is 0. The summed E-state index contributed by atoms with van der Waals surface area (Å²) < 4.78 is 46.5. The van der Waals surface area contributed by atoms with E-state index in [0.717, 1.165) is 15.8 Å². The molecule has 0 bridgehead atoms. The first-order valence-corrected chi connectivity index (χ1v) is 14.9. The molecule has 40 heavy (non-hydrogen) atoms. The van der Waals surface area contributed by atoms with Gasteiger partial charge in [0.15, 0.2) is 16.3 Å². The summed E-state index contributed by atoms with van der Waals surface area (Å²) in [6.45, 7) is 2.60. The van der Waals surface area contributed by atoms with Gasteiger partial charge >= 0.3 is 5.97 Å². The lowest BCUT2D eigenvalue weighted by atomic mass is 10.0. The van der Waals surface area contributed by atoms with Crippen molar-refractivity contribution < 1.29 is 32.2 Å². The SMILES string of the molecule is CCOC(=O)Cn1c(=NC(=O)c2ccc(S(=O)(=O)N3CCc4ccccc4C3)cc2)sc2cc3c(cc21)OCO3. The maximum Gasteiger partial charge on any atom is 0.326 e. The number of hydrogen-bond acceptors (Lipinski definition) is 8. The number of carbonyl (C=O) groups excluding carboxylic acids is 2. The first-order valence-electron chi connectivity index (χ1n) is 12.7. The van der Waals surface area contributed by atoms with Gasteiger partial charge in [0.1, 0.15) is 6.54 Å². The van der Waals surface area contributed by atoms with Gasteiger partial charge in [-0.3, -0.25) is 9.59 Å². The number of rotatable bonds is 6. The van der Waals surface area contributed by atoms with Crippen LogP contribution in [0.5, 0.6) is 11.5 Å². The number of thiazole rings is 1. The minimum absolute atomic E-state index is 0.108. The Bertz CT molecular complexity index is 1810. The van der Waals surface area contributed by atoms with Crippen LogP contribution in [0.3, 0.4) is 0 Å². The Morgan fingerprint density at radius 3 is 2.50 bits per heavy atom. The highest BCUT2D eigenvalue weighted by Crippen LogP contribution is 2.37. The number of aromatic nitrogens is 1. The second-order valence-corrected chi connectivity index (χ2v) is 12.2. The highest BCUT2D eigenvalue weighted by Gasteiger charge is 2.28. The summed E-state index contributed by atoms with van der Waals surface area (Å²) in [5.74, 6) is 0.0717. The third-order valence-corrected chi connectivity index (χ3v) is 9.70. The normalized spacial score (nSPS) is 15.3. The summed E-state index contributed by atoms with van der Waals surface area (Å²) in [5.41, 5.74) is 3.02. The number of sulfonamides is 1. The average molecular weight is 580 g/mol. The van der Waals surface area contributed by atoms with Crippen molar-refractivity contribution in [1.82, 2.24) is 8.87 Å². The van der Waals surface area contributed by atoms with Crippen LogP contribution in [0.1, 0.15) is 28.4 Å². The molecule has 0 atom stereocenters. The number of esters is 1. The largest absolute Gasteiger partial charge is 0.465 e. The Hall–Kier alpha value is -4.00. The van der Waals surface area contributed by atoms with Gasteiger partial charge in [-0.05, 0) is 48.7 Å². The van der Waals surface area contributed by atoms with E-state index >= 15 is 0 Å². The van der Waals surface area contributed by atoms with E-state index in [2.05, 4.69) is 4.99 Å². The van der Waals surface area contributed by atoms with E-state index in [9.17, 15) is 18.0 Å². The Labute approximate surface area is 234 Å². The minimum atomic E-state index is -3.74. The van der Waals surface area contributed by atoms with E-state index in [1.54, 1.807) is 23.6 Å². The van der Waals surface area contributed by atoms with Gasteiger partial charge in [-0.1, -0.05) is 35.6 Å². The van der Waals surface area contributed by atoms with Crippen molar-refractivity contribution in [3.8, 4) is 11.5 Å². The molecule has 3 aromatic carbocycles. The molecule has 0 aliphatic carbocycles. The third kappa shape index (κ3) is 4.89. The van der Waals surface area contributed by atoms with Gasteiger partial charge in [-0.15, -0.1) is 0 Å². The van der Waals surface area contributed by atoms with E-state index < -0.39 is 21.9 Å². The molecule has 0 fully saturated rings. The van der Waals surface area contributed by atoms with Crippen LogP contribution < -0.4 is 14.3 Å². The number of amides is 1. The van der Waals surface area contributed by atoms with E-state index in [-0.39, 0.29) is 30.4 Å². The van der Waals surface area contributed by atoms with Gasteiger partial charge in [0, 0.05) is 30.8 Å². The van der Waals surface area contributed by atoms with Gasteiger partial charge in [0.05, 0.1) is 21.7 Å². The number of ether oxygens (including phenoxy) is 3. The zero-order chi connectivity index (χ0) is 27.9. The van der Waals surface area contributed by atoms with Crippen molar-refractivity contribution in [2.24, 2.45) is 4.99 Å². The highest BCUT2D eigenvalue weighted by atomic mass is 32.2. The second-order valence-electron chi connectivity index (χ2n) is 9.25. The van der Waals surface area contributed by atoms with Crippen LogP contribution >= 0.6 is 11.3 Å². The van der Waals surface area contributed by atoms with Crippen LogP contribution in [0, 0.1) is 0 Å². The van der Waals surface area contributed by atoms with Gasteiger partial charge in [0.25, 0.3) is 5.91 Å². The Morgan fingerprint density at radius 1 is 1.02 bits per heavy atom. The van der Waals surface area contributed by atoms with Crippen LogP contribution in [0.25, 0.3) is 10.2 Å². The maximum absolute atomic E-state index is 13.3. The molecule has 4 aromatic rings. The zero-order valence-corrected chi connectivity index (χ0v) is 23.2. The summed E-state index contributed by atoms with van der Waals surface area (Å²) in [6.07, 6.45) is 0.646. The molecule has 1 amide bonds. The van der Waals surface area contributed by atoms with Crippen LogP contribution in [-0.2, 0) is 39.1 Å². The first-order chi connectivity index (χ1) is 19.3. The van der Waals surface area contributed by atoms with Crippen LogP contribution in [0.2, 0.25) is 0 Å². The number of carbonyl (C=O) groups is 2. The molecule has 0 N–H and O–H groups in total. The number of fused-ring (bicyclic) bond motifs is 3. The molecule has 2 aliphatic rings. The number of benzene rings is 3. The molecule has 0 spiro atoms. The van der Waals surface area contributed by atoms with E-state index in [4.69, 9.17) is 14.2 Å². The first kappa shape index (κ1) is 26.2. The molecule has 2 aliphatic heterocycles. The number of hydrogen-bond donors (Lipinski definition) is 0. The molecule has 6 rings (SSSR count). The summed E-state index contributed by atoms with van der Waals surface area (Å²) in [4.78, 5) is 30.2. The Morgan fingerprint density at radius 2 is 1.75 bits per heavy atom. The summed E-state index contributed by atoms with van der Waals surface area (Å²) in [6, 6.07) is 17.1. The molecular weight excluding hydrogens is 554 g/mol. The zero-order valence-electron chi connectivity index (χ0n) is 21.5. The van der Waals surface area contributed by atoms with Crippen molar-refractivity contribution in [3.63, 3.8) is 0 Å². The van der Waals surface area contributed by atoms with E-state index in [1.165, 1.54) is 39.9 Å². The average Bonchev–Trinajstić information content (AvgIpc) is 3.55. The van der Waals surface area contributed by atoms with E-state index in [1.807, 2.05) is 24.3 Å². The van der Waals surface area contributed by atoms with Crippen LogP contribution in [0.4, 0.5) is 0 Å². The minimum Gasteiger partial charge on any atom is -0.465 e. The maximum atomic E-state index is 13.3. The van der Waals surface area contributed by atoms with Crippen molar-refractivity contribution in [2.45, 2.75) is 31.3 Å². The van der Waals surface area contributed by atoms with Crippen LogP contribution in [-0.4, -0.2) is 49.1 Å². The molecule has 0 saturated carbocycles. The van der Waals surface area contributed by atoms with Crippen molar-refractivity contribution in [1.29, 1.82) is 0 Å². The van der Waals surface area contributed by atoms with Gasteiger partial charge in [0.2, 0.25) is 16.8 Å². The fraction of sp³-hybridized carbons (Fsp3) is 0.250. The molecule has 0 unspecified atom stereocenters. The van der Waals surface area contributed by atoms with E-state index in [0.29, 0.717) is 41.3 Å². The monoisotopic (exact) mass is 579 g/mol. The predicted octanol–water partition coefficient (Wildman–Crippen LogP) is 3.48. The molecule has 3 heterocycles. The molecule has 1 aromatic heterocycles. The molecule has 0 saturated heterocycles. The molecule has 10 nitrogen and oxygen atoms in total. The number of nitrogens with zero attached hydrogens (tertiary/aromatic N) is 3. The smallest absolute Gasteiger partial charge is 0.326 e. The Balaban J connectivity index is 1.29. The quantitative estimate of drug-likeness (QED) is 0.321. The lowest BCUT2D eigenvalue weighted by Gasteiger charge is -2.28. The topological polar surface area (TPSA) is 117 Å². The van der Waals surface area contributed by atoms with Crippen molar-refractivity contribution in [2.75, 3.05) is 19.9 Å².